The van der Waals surface area contributed by atoms with E-state index < -0.39 is 0 Å². The summed E-state index contributed by atoms with van der Waals surface area (Å²) in [7, 11) is 0. The van der Waals surface area contributed by atoms with Crippen LogP contribution in [0.3, 0.4) is 0 Å². The minimum atomic E-state index is -0.195. The van der Waals surface area contributed by atoms with Crippen molar-refractivity contribution in [3.05, 3.63) is 82.3 Å². The van der Waals surface area contributed by atoms with E-state index in [1.165, 1.54) is 15.8 Å². The number of ether oxygens (including phenoxy) is 1. The molecule has 0 bridgehead atoms. The number of benzene rings is 2. The molecule has 2 aliphatic rings. The first kappa shape index (κ1) is 21.1. The fourth-order valence-corrected chi connectivity index (χ4v) is 5.09. The molecular weight excluding hydrogens is 420 g/mol. The summed E-state index contributed by atoms with van der Waals surface area (Å²) in [5, 5.41) is 4.52. The largest absolute Gasteiger partial charge is 0.483 e. The normalized spacial score (nSPS) is 18.9. The predicted octanol–water partition coefficient (Wildman–Crippen LogP) is 3.57. The number of nitrogens with zero attached hydrogens (tertiary/aromatic N) is 4. The average molecular weight is 449 g/mol. The van der Waals surface area contributed by atoms with Crippen molar-refractivity contribution < 1.29 is 4.74 Å². The number of para-hydroxylation sites is 1. The number of fused-ring (bicyclic) bond motifs is 1. The standard InChI is InChI=1S/C25H28N4O2S/c1-32-28-15-13-27(14-16-28)23-18-26-29(21-9-3-2-4-10-21)25(30)24(23)31-22-12-11-19-7-5-6-8-20(19)17-22/h2-10,18,22H,11-17H2,1H3. The van der Waals surface area contributed by atoms with E-state index in [-0.39, 0.29) is 11.7 Å². The molecule has 7 heteroatoms. The fourth-order valence-electron chi connectivity index (χ4n) is 4.56. The van der Waals surface area contributed by atoms with Crippen LogP contribution in [0.1, 0.15) is 17.5 Å². The van der Waals surface area contributed by atoms with Crippen molar-refractivity contribution in [1.82, 2.24) is 14.1 Å². The van der Waals surface area contributed by atoms with Crippen molar-refractivity contribution in [3.63, 3.8) is 0 Å². The van der Waals surface area contributed by atoms with Gasteiger partial charge in [0.25, 0.3) is 0 Å². The van der Waals surface area contributed by atoms with E-state index in [1.807, 2.05) is 30.3 Å². The molecule has 1 unspecified atom stereocenters. The summed E-state index contributed by atoms with van der Waals surface area (Å²) in [5.74, 6) is 0.422. The van der Waals surface area contributed by atoms with E-state index in [9.17, 15) is 4.79 Å². The van der Waals surface area contributed by atoms with Gasteiger partial charge in [0, 0.05) is 32.6 Å². The summed E-state index contributed by atoms with van der Waals surface area (Å²) in [6.07, 6.45) is 6.59. The highest BCUT2D eigenvalue weighted by Gasteiger charge is 2.27. The summed E-state index contributed by atoms with van der Waals surface area (Å²) in [6.45, 7) is 3.58. The third-order valence-electron chi connectivity index (χ3n) is 6.34. The molecular formula is C25H28N4O2S. The van der Waals surface area contributed by atoms with Crippen molar-refractivity contribution in [2.24, 2.45) is 0 Å². The molecule has 166 valence electrons. The Bertz CT molecular complexity index is 1130. The second-order valence-corrected chi connectivity index (χ2v) is 9.14. The van der Waals surface area contributed by atoms with Crippen LogP contribution >= 0.6 is 11.9 Å². The maximum Gasteiger partial charge on any atom is 0.316 e. The van der Waals surface area contributed by atoms with Crippen molar-refractivity contribution in [1.29, 1.82) is 0 Å². The van der Waals surface area contributed by atoms with Gasteiger partial charge in [-0.2, -0.15) is 9.78 Å². The van der Waals surface area contributed by atoms with Gasteiger partial charge in [0.2, 0.25) is 5.75 Å². The second kappa shape index (κ2) is 9.38. The molecule has 32 heavy (non-hydrogen) atoms. The number of aryl methyl sites for hydroxylation is 1. The molecule has 6 nitrogen and oxygen atoms in total. The molecule has 3 aromatic rings. The van der Waals surface area contributed by atoms with Crippen molar-refractivity contribution in [2.75, 3.05) is 37.3 Å². The first-order valence-corrected chi connectivity index (χ1v) is 12.4. The molecule has 1 atom stereocenters. The van der Waals surface area contributed by atoms with E-state index in [4.69, 9.17) is 4.74 Å². The molecule has 1 fully saturated rings. The van der Waals surface area contributed by atoms with Crippen molar-refractivity contribution in [3.8, 4) is 11.4 Å². The Morgan fingerprint density at radius 3 is 2.44 bits per heavy atom. The SMILES string of the molecule is CSN1CCN(c2cnn(-c3ccccc3)c(=O)c2OC2CCc3ccccc3C2)CC1. The first-order chi connectivity index (χ1) is 15.7. The molecule has 1 aliphatic carbocycles. The molecule has 2 aromatic carbocycles. The van der Waals surface area contributed by atoms with Crippen LogP contribution in [0.2, 0.25) is 0 Å². The van der Waals surface area contributed by atoms with Crippen LogP contribution in [-0.4, -0.2) is 52.6 Å². The Balaban J connectivity index is 1.49. The highest BCUT2D eigenvalue weighted by molar-refractivity contribution is 7.96. The zero-order valence-electron chi connectivity index (χ0n) is 18.3. The molecule has 1 aliphatic heterocycles. The van der Waals surface area contributed by atoms with Gasteiger partial charge in [-0.05, 0) is 42.4 Å². The lowest BCUT2D eigenvalue weighted by atomic mass is 9.90. The summed E-state index contributed by atoms with van der Waals surface area (Å²) < 4.78 is 10.3. The lowest BCUT2D eigenvalue weighted by molar-refractivity contribution is 0.181. The minimum Gasteiger partial charge on any atom is -0.483 e. The van der Waals surface area contributed by atoms with Crippen LogP contribution in [0.4, 0.5) is 5.69 Å². The lowest BCUT2D eigenvalue weighted by Crippen LogP contribution is -2.44. The van der Waals surface area contributed by atoms with Crippen LogP contribution < -0.4 is 15.2 Å². The Kier molecular flexibility index (Phi) is 6.19. The molecule has 0 saturated carbocycles. The Hall–Kier alpha value is -2.77. The van der Waals surface area contributed by atoms with Crippen LogP contribution in [0.5, 0.6) is 5.75 Å². The number of hydrogen-bond donors (Lipinski definition) is 0. The van der Waals surface area contributed by atoms with Gasteiger partial charge in [0.05, 0.1) is 11.9 Å². The minimum absolute atomic E-state index is 0.0181. The maximum atomic E-state index is 13.6. The zero-order valence-corrected chi connectivity index (χ0v) is 19.1. The van der Waals surface area contributed by atoms with Gasteiger partial charge in [0.15, 0.2) is 0 Å². The Morgan fingerprint density at radius 1 is 0.969 bits per heavy atom. The number of rotatable bonds is 5. The smallest absolute Gasteiger partial charge is 0.316 e. The van der Waals surface area contributed by atoms with Gasteiger partial charge >= 0.3 is 5.56 Å². The maximum absolute atomic E-state index is 13.6. The van der Waals surface area contributed by atoms with Crippen molar-refractivity contribution in [2.45, 2.75) is 25.4 Å². The highest BCUT2D eigenvalue weighted by Crippen LogP contribution is 2.30. The van der Waals surface area contributed by atoms with E-state index >= 15 is 0 Å². The van der Waals surface area contributed by atoms with Gasteiger partial charge < -0.3 is 9.64 Å². The van der Waals surface area contributed by atoms with Gasteiger partial charge in [0.1, 0.15) is 11.8 Å². The van der Waals surface area contributed by atoms with E-state index in [1.54, 1.807) is 18.1 Å². The summed E-state index contributed by atoms with van der Waals surface area (Å²) >= 11 is 1.77. The molecule has 0 N–H and O–H groups in total. The molecule has 0 radical (unpaired) electrons. The van der Waals surface area contributed by atoms with Gasteiger partial charge in [-0.15, -0.1) is 0 Å². The quantitative estimate of drug-likeness (QED) is 0.556. The number of aromatic nitrogens is 2. The third-order valence-corrected chi connectivity index (χ3v) is 7.22. The Morgan fingerprint density at radius 2 is 1.69 bits per heavy atom. The number of hydrogen-bond acceptors (Lipinski definition) is 6. The number of piperazine rings is 1. The molecule has 2 heterocycles. The third kappa shape index (κ3) is 4.27. The topological polar surface area (TPSA) is 50.6 Å². The molecule has 1 saturated heterocycles. The van der Waals surface area contributed by atoms with Gasteiger partial charge in [-0.1, -0.05) is 54.4 Å². The summed E-state index contributed by atoms with van der Waals surface area (Å²) in [6, 6.07) is 18.1. The highest BCUT2D eigenvalue weighted by atomic mass is 32.2. The van der Waals surface area contributed by atoms with Gasteiger partial charge in [-0.3, -0.25) is 4.79 Å². The van der Waals surface area contributed by atoms with E-state index in [0.29, 0.717) is 5.75 Å². The Labute approximate surface area is 192 Å². The summed E-state index contributed by atoms with van der Waals surface area (Å²) in [5.41, 5.74) is 4.06. The molecule has 0 spiro atoms. The predicted molar refractivity (Wildman–Crippen MR) is 130 cm³/mol. The zero-order chi connectivity index (χ0) is 21.9. The van der Waals surface area contributed by atoms with Crippen LogP contribution in [-0.2, 0) is 12.8 Å². The summed E-state index contributed by atoms with van der Waals surface area (Å²) in [4.78, 5) is 15.8. The second-order valence-electron chi connectivity index (χ2n) is 8.26. The van der Waals surface area contributed by atoms with E-state index in [2.05, 4.69) is 44.8 Å². The fraction of sp³-hybridized carbons (Fsp3) is 0.360. The number of anilines is 1. The molecule has 1 aromatic heterocycles. The first-order valence-electron chi connectivity index (χ1n) is 11.2. The monoisotopic (exact) mass is 448 g/mol. The van der Waals surface area contributed by atoms with Gasteiger partial charge in [-0.25, -0.2) is 4.31 Å². The van der Waals surface area contributed by atoms with Crippen molar-refractivity contribution >= 4 is 17.6 Å². The van der Waals surface area contributed by atoms with Crippen LogP contribution in [0.25, 0.3) is 5.69 Å². The van der Waals surface area contributed by atoms with E-state index in [0.717, 1.165) is 56.8 Å². The van der Waals surface area contributed by atoms with Crippen LogP contribution in [0, 0.1) is 0 Å². The molecule has 5 rings (SSSR count). The lowest BCUT2D eigenvalue weighted by Gasteiger charge is -2.35. The average Bonchev–Trinajstić information content (AvgIpc) is 2.86. The molecule has 0 amide bonds. The van der Waals surface area contributed by atoms with Crippen LogP contribution in [0.15, 0.2) is 65.6 Å².